The topological polar surface area (TPSA) is 97.3 Å². The van der Waals surface area contributed by atoms with Gasteiger partial charge in [-0.1, -0.05) is 19.1 Å². The van der Waals surface area contributed by atoms with Gasteiger partial charge >= 0.3 is 5.97 Å². The van der Waals surface area contributed by atoms with Crippen molar-refractivity contribution >= 4 is 33.9 Å². The lowest BCUT2D eigenvalue weighted by atomic mass is 10.1. The van der Waals surface area contributed by atoms with Crippen LogP contribution in [0.15, 0.2) is 42.5 Å². The van der Waals surface area contributed by atoms with Crippen LogP contribution in [0.1, 0.15) is 29.9 Å². The van der Waals surface area contributed by atoms with E-state index >= 15 is 0 Å². The number of carbonyl (C=O) groups is 1. The molecule has 0 saturated carbocycles. The van der Waals surface area contributed by atoms with E-state index in [4.69, 9.17) is 4.74 Å². The molecule has 1 heterocycles. The molecule has 0 saturated heterocycles. The van der Waals surface area contributed by atoms with Gasteiger partial charge in [-0.2, -0.15) is 0 Å². The number of rotatable bonds is 6. The quantitative estimate of drug-likeness (QED) is 0.385. The zero-order valence-electron chi connectivity index (χ0n) is 14.5. The number of nitro benzene ring substituents is 1. The summed E-state index contributed by atoms with van der Waals surface area (Å²) < 4.78 is 4.99. The van der Waals surface area contributed by atoms with Gasteiger partial charge in [-0.05, 0) is 43.2 Å². The highest BCUT2D eigenvalue weighted by atomic mass is 16.6. The van der Waals surface area contributed by atoms with E-state index in [1.807, 2.05) is 24.3 Å². The number of carbonyl (C=O) groups excluding carboxylic acids is 1. The normalized spacial score (nSPS) is 10.7. The monoisotopic (exact) mass is 353 g/mol. The lowest BCUT2D eigenvalue weighted by molar-refractivity contribution is -0.383. The number of benzene rings is 2. The van der Waals surface area contributed by atoms with Crippen molar-refractivity contribution in [3.8, 4) is 0 Å². The number of H-pyrrole nitrogens is 1. The summed E-state index contributed by atoms with van der Waals surface area (Å²) in [4.78, 5) is 25.7. The van der Waals surface area contributed by atoms with E-state index in [2.05, 4.69) is 17.2 Å². The summed E-state index contributed by atoms with van der Waals surface area (Å²) in [5, 5.41) is 15.2. The molecule has 0 aliphatic carbocycles. The van der Waals surface area contributed by atoms with Crippen molar-refractivity contribution in [2.45, 2.75) is 20.3 Å². The number of fused-ring (bicyclic) bond motifs is 1. The van der Waals surface area contributed by atoms with E-state index in [1.54, 1.807) is 19.1 Å². The lowest BCUT2D eigenvalue weighted by Crippen LogP contribution is -2.04. The van der Waals surface area contributed by atoms with Crippen molar-refractivity contribution in [3.05, 3.63) is 63.8 Å². The molecule has 0 unspecified atom stereocenters. The molecule has 3 aromatic rings. The highest BCUT2D eigenvalue weighted by molar-refractivity contribution is 6.04. The van der Waals surface area contributed by atoms with E-state index in [0.717, 1.165) is 12.1 Å². The number of nitrogens with zero attached hydrogens (tertiary/aromatic N) is 1. The van der Waals surface area contributed by atoms with Crippen LogP contribution in [0.5, 0.6) is 0 Å². The number of hydrogen-bond donors (Lipinski definition) is 2. The van der Waals surface area contributed by atoms with E-state index in [-0.39, 0.29) is 23.5 Å². The van der Waals surface area contributed by atoms with Crippen molar-refractivity contribution in [2.24, 2.45) is 0 Å². The minimum Gasteiger partial charge on any atom is -0.461 e. The largest absolute Gasteiger partial charge is 0.461 e. The van der Waals surface area contributed by atoms with E-state index < -0.39 is 10.9 Å². The Bertz CT molecular complexity index is 978. The van der Waals surface area contributed by atoms with Crippen LogP contribution in [0.25, 0.3) is 10.9 Å². The van der Waals surface area contributed by atoms with Gasteiger partial charge in [-0.15, -0.1) is 0 Å². The van der Waals surface area contributed by atoms with Gasteiger partial charge < -0.3 is 15.0 Å². The number of aromatic nitrogens is 1. The average Bonchev–Trinajstić information content (AvgIpc) is 3.08. The minimum absolute atomic E-state index is 0.0941. The number of anilines is 2. The first-order chi connectivity index (χ1) is 12.5. The van der Waals surface area contributed by atoms with Crippen molar-refractivity contribution in [2.75, 3.05) is 11.9 Å². The fourth-order valence-electron chi connectivity index (χ4n) is 2.81. The number of nitrogens with one attached hydrogen (secondary N) is 2. The van der Waals surface area contributed by atoms with Gasteiger partial charge in [0, 0.05) is 22.8 Å². The van der Waals surface area contributed by atoms with Crippen LogP contribution < -0.4 is 5.32 Å². The minimum atomic E-state index is -0.545. The lowest BCUT2D eigenvalue weighted by Gasteiger charge is -2.09. The first-order valence-electron chi connectivity index (χ1n) is 8.36. The standard InChI is InChI=1S/C19H19N3O4/c1-3-12-6-5-7-13(10-12)20-15-8-9-17(22(24)25)18-14(15)11-16(21-18)19(23)26-4-2/h5-11,20-21H,3-4H2,1-2H3. The second-order valence-corrected chi connectivity index (χ2v) is 5.76. The van der Waals surface area contributed by atoms with Gasteiger partial charge in [0.2, 0.25) is 0 Å². The van der Waals surface area contributed by atoms with Crippen molar-refractivity contribution in [1.82, 2.24) is 4.98 Å². The molecular formula is C19H19N3O4. The second kappa shape index (κ2) is 7.26. The highest BCUT2D eigenvalue weighted by Gasteiger charge is 2.20. The molecule has 0 amide bonds. The Morgan fingerprint density at radius 1 is 1.23 bits per heavy atom. The number of ether oxygens (including phenoxy) is 1. The van der Waals surface area contributed by atoms with Crippen LogP contribution in [0.3, 0.4) is 0 Å². The molecule has 26 heavy (non-hydrogen) atoms. The van der Waals surface area contributed by atoms with Crippen LogP contribution in [0, 0.1) is 10.1 Å². The van der Waals surface area contributed by atoms with Crippen molar-refractivity contribution in [3.63, 3.8) is 0 Å². The summed E-state index contributed by atoms with van der Waals surface area (Å²) in [6.07, 6.45) is 0.905. The van der Waals surface area contributed by atoms with Crippen LogP contribution in [-0.4, -0.2) is 22.5 Å². The molecule has 134 valence electrons. The number of esters is 1. The molecule has 2 N–H and O–H groups in total. The van der Waals surface area contributed by atoms with Gasteiger partial charge in [0.05, 0.1) is 11.5 Å². The first kappa shape index (κ1) is 17.5. The van der Waals surface area contributed by atoms with Gasteiger partial charge in [-0.25, -0.2) is 4.79 Å². The Kier molecular flexibility index (Phi) is 4.88. The summed E-state index contributed by atoms with van der Waals surface area (Å²) in [6, 6.07) is 12.6. The molecule has 0 radical (unpaired) electrons. The molecule has 7 heteroatoms. The summed E-state index contributed by atoms with van der Waals surface area (Å²) in [5.41, 5.74) is 3.10. The summed E-state index contributed by atoms with van der Waals surface area (Å²) in [5.74, 6) is -0.545. The summed E-state index contributed by atoms with van der Waals surface area (Å²) in [6.45, 7) is 4.00. The second-order valence-electron chi connectivity index (χ2n) is 5.76. The van der Waals surface area contributed by atoms with Crippen LogP contribution in [0.2, 0.25) is 0 Å². The molecule has 2 aromatic carbocycles. The summed E-state index contributed by atoms with van der Waals surface area (Å²) in [7, 11) is 0. The summed E-state index contributed by atoms with van der Waals surface area (Å²) >= 11 is 0. The molecule has 0 atom stereocenters. The molecule has 0 fully saturated rings. The van der Waals surface area contributed by atoms with Gasteiger partial charge in [0.25, 0.3) is 5.69 Å². The van der Waals surface area contributed by atoms with Crippen molar-refractivity contribution < 1.29 is 14.5 Å². The van der Waals surface area contributed by atoms with Gasteiger partial charge in [-0.3, -0.25) is 10.1 Å². The van der Waals surface area contributed by atoms with Crippen LogP contribution >= 0.6 is 0 Å². The average molecular weight is 353 g/mol. The molecule has 0 spiro atoms. The first-order valence-corrected chi connectivity index (χ1v) is 8.36. The predicted octanol–water partition coefficient (Wildman–Crippen LogP) is 4.56. The number of non-ortho nitro benzene ring substituents is 1. The number of aryl methyl sites for hydroxylation is 1. The van der Waals surface area contributed by atoms with Gasteiger partial charge in [0.15, 0.2) is 0 Å². The number of nitro groups is 1. The Labute approximate surface area is 150 Å². The van der Waals surface area contributed by atoms with Crippen LogP contribution in [0.4, 0.5) is 17.1 Å². The third kappa shape index (κ3) is 3.37. The van der Waals surface area contributed by atoms with E-state index in [0.29, 0.717) is 11.1 Å². The Morgan fingerprint density at radius 3 is 2.73 bits per heavy atom. The number of hydrogen-bond acceptors (Lipinski definition) is 5. The zero-order chi connectivity index (χ0) is 18.7. The third-order valence-corrected chi connectivity index (χ3v) is 4.08. The molecule has 0 aliphatic heterocycles. The molecular weight excluding hydrogens is 334 g/mol. The maximum absolute atomic E-state index is 12.0. The molecule has 1 aromatic heterocycles. The predicted molar refractivity (Wildman–Crippen MR) is 100 cm³/mol. The Morgan fingerprint density at radius 2 is 2.04 bits per heavy atom. The molecule has 0 bridgehead atoms. The SMILES string of the molecule is CCOC(=O)c1cc2c(Nc3cccc(CC)c3)ccc([N+](=O)[O-])c2[nH]1. The maximum atomic E-state index is 12.0. The highest BCUT2D eigenvalue weighted by Crippen LogP contribution is 2.33. The fourth-order valence-corrected chi connectivity index (χ4v) is 2.81. The maximum Gasteiger partial charge on any atom is 0.354 e. The third-order valence-electron chi connectivity index (χ3n) is 4.08. The Balaban J connectivity index is 2.08. The smallest absolute Gasteiger partial charge is 0.354 e. The molecule has 7 nitrogen and oxygen atoms in total. The molecule has 3 rings (SSSR count). The molecule has 0 aliphatic rings. The number of aromatic amines is 1. The van der Waals surface area contributed by atoms with E-state index in [1.165, 1.54) is 11.6 Å². The Hall–Kier alpha value is -3.35. The fraction of sp³-hybridized carbons (Fsp3) is 0.211. The van der Waals surface area contributed by atoms with E-state index in [9.17, 15) is 14.9 Å². The van der Waals surface area contributed by atoms with Crippen LogP contribution in [-0.2, 0) is 11.2 Å². The zero-order valence-corrected chi connectivity index (χ0v) is 14.5. The van der Waals surface area contributed by atoms with Crippen molar-refractivity contribution in [1.29, 1.82) is 0 Å². The van der Waals surface area contributed by atoms with Gasteiger partial charge in [0.1, 0.15) is 11.2 Å².